The van der Waals surface area contributed by atoms with Crippen molar-refractivity contribution in [2.24, 2.45) is 11.7 Å². The van der Waals surface area contributed by atoms with Crippen LogP contribution in [-0.4, -0.2) is 31.2 Å². The molecular formula is C15H24N2O2S. The van der Waals surface area contributed by atoms with Crippen LogP contribution in [0.3, 0.4) is 0 Å². The Morgan fingerprint density at radius 1 is 1.50 bits per heavy atom. The first-order valence-corrected chi connectivity index (χ1v) is 8.07. The number of amides is 1. The van der Waals surface area contributed by atoms with E-state index in [1.165, 1.54) is 9.75 Å². The lowest BCUT2D eigenvalue weighted by molar-refractivity contribution is -0.124. The molecule has 1 aromatic heterocycles. The molecule has 1 fully saturated rings. The summed E-state index contributed by atoms with van der Waals surface area (Å²) in [6, 6.07) is 3.95. The van der Waals surface area contributed by atoms with Crippen LogP contribution in [0.1, 0.15) is 29.5 Å². The Hall–Kier alpha value is -0.910. The lowest BCUT2D eigenvalue weighted by Crippen LogP contribution is -2.49. The predicted octanol–water partition coefficient (Wildman–Crippen LogP) is 1.86. The van der Waals surface area contributed by atoms with E-state index < -0.39 is 6.04 Å². The molecule has 0 aliphatic carbocycles. The van der Waals surface area contributed by atoms with Crippen molar-refractivity contribution in [2.75, 3.05) is 13.2 Å². The van der Waals surface area contributed by atoms with Gasteiger partial charge in [-0.25, -0.2) is 0 Å². The minimum atomic E-state index is -0.411. The van der Waals surface area contributed by atoms with Crippen LogP contribution in [0, 0.1) is 12.8 Å². The van der Waals surface area contributed by atoms with E-state index in [1.54, 1.807) is 11.3 Å². The molecule has 1 amide bonds. The molecule has 0 radical (unpaired) electrons. The maximum atomic E-state index is 12.2. The molecule has 0 aromatic carbocycles. The van der Waals surface area contributed by atoms with Gasteiger partial charge in [-0.05, 0) is 44.7 Å². The Kier molecular flexibility index (Phi) is 5.57. The summed E-state index contributed by atoms with van der Waals surface area (Å²) in [7, 11) is 0. The third kappa shape index (κ3) is 4.30. The molecule has 4 nitrogen and oxygen atoms in total. The second-order valence-corrected chi connectivity index (χ2v) is 6.97. The lowest BCUT2D eigenvalue weighted by Gasteiger charge is -2.27. The topological polar surface area (TPSA) is 64.4 Å². The average molecular weight is 296 g/mol. The number of nitrogens with two attached hydrogens (primary N) is 1. The Morgan fingerprint density at radius 3 is 2.80 bits per heavy atom. The normalized spacial score (nSPS) is 19.6. The van der Waals surface area contributed by atoms with Crippen LogP contribution in [0.15, 0.2) is 12.1 Å². The van der Waals surface area contributed by atoms with Gasteiger partial charge in [0, 0.05) is 35.4 Å². The van der Waals surface area contributed by atoms with E-state index in [2.05, 4.69) is 24.4 Å². The first kappa shape index (κ1) is 15.5. The van der Waals surface area contributed by atoms with Gasteiger partial charge in [0.1, 0.15) is 0 Å². The van der Waals surface area contributed by atoms with Gasteiger partial charge in [0.25, 0.3) is 0 Å². The van der Waals surface area contributed by atoms with E-state index in [1.807, 2.05) is 6.92 Å². The molecule has 2 atom stereocenters. The number of thiophene rings is 1. The van der Waals surface area contributed by atoms with Crippen molar-refractivity contribution in [3.63, 3.8) is 0 Å². The zero-order valence-corrected chi connectivity index (χ0v) is 13.0. The van der Waals surface area contributed by atoms with Gasteiger partial charge in [0.05, 0.1) is 6.04 Å². The van der Waals surface area contributed by atoms with Gasteiger partial charge in [-0.15, -0.1) is 11.3 Å². The van der Waals surface area contributed by atoms with Gasteiger partial charge in [-0.3, -0.25) is 4.79 Å². The molecule has 1 aromatic rings. The number of hydrogen-bond donors (Lipinski definition) is 2. The van der Waals surface area contributed by atoms with E-state index in [0.29, 0.717) is 0 Å². The van der Waals surface area contributed by atoms with Gasteiger partial charge in [0.2, 0.25) is 5.91 Å². The highest BCUT2D eigenvalue weighted by molar-refractivity contribution is 7.11. The summed E-state index contributed by atoms with van der Waals surface area (Å²) in [6.07, 6.45) is 2.63. The highest BCUT2D eigenvalue weighted by atomic mass is 32.1. The molecule has 1 aliphatic heterocycles. The second kappa shape index (κ2) is 7.20. The zero-order chi connectivity index (χ0) is 14.5. The number of carbonyl (C=O) groups is 1. The molecule has 3 N–H and O–H groups in total. The van der Waals surface area contributed by atoms with Gasteiger partial charge in [0.15, 0.2) is 0 Å². The molecule has 2 heterocycles. The van der Waals surface area contributed by atoms with Crippen LogP contribution in [-0.2, 0) is 16.0 Å². The lowest BCUT2D eigenvalue weighted by atomic mass is 9.91. The molecule has 2 unspecified atom stereocenters. The van der Waals surface area contributed by atoms with Crippen molar-refractivity contribution >= 4 is 17.2 Å². The van der Waals surface area contributed by atoms with E-state index in [4.69, 9.17) is 10.5 Å². The quantitative estimate of drug-likeness (QED) is 0.871. The Morgan fingerprint density at radius 2 is 2.20 bits per heavy atom. The standard InChI is InChI=1S/C15H24N2O2S/c1-10(9-13-4-3-11(2)20-13)17-15(18)14(16)12-5-7-19-8-6-12/h3-4,10,12,14H,5-9,16H2,1-2H3,(H,17,18). The number of ether oxygens (including phenoxy) is 1. The zero-order valence-electron chi connectivity index (χ0n) is 12.2. The maximum Gasteiger partial charge on any atom is 0.237 e. The SMILES string of the molecule is Cc1ccc(CC(C)NC(=O)C(N)C2CCOCC2)s1. The number of rotatable bonds is 5. The summed E-state index contributed by atoms with van der Waals surface area (Å²) in [5.41, 5.74) is 6.07. The molecule has 0 saturated carbocycles. The summed E-state index contributed by atoms with van der Waals surface area (Å²) in [5.74, 6) is 0.220. The summed E-state index contributed by atoms with van der Waals surface area (Å²) in [6.45, 7) is 5.56. The van der Waals surface area contributed by atoms with Crippen molar-refractivity contribution in [2.45, 2.75) is 45.2 Å². The minimum absolute atomic E-state index is 0.0299. The number of hydrogen-bond acceptors (Lipinski definition) is 4. The van der Waals surface area contributed by atoms with E-state index in [9.17, 15) is 4.79 Å². The summed E-state index contributed by atoms with van der Waals surface area (Å²) in [4.78, 5) is 14.8. The molecule has 20 heavy (non-hydrogen) atoms. The predicted molar refractivity (Wildman–Crippen MR) is 81.9 cm³/mol. The van der Waals surface area contributed by atoms with Gasteiger partial charge < -0.3 is 15.8 Å². The van der Waals surface area contributed by atoms with Crippen LogP contribution >= 0.6 is 11.3 Å². The summed E-state index contributed by atoms with van der Waals surface area (Å²) >= 11 is 1.78. The number of aryl methyl sites for hydroxylation is 1. The van der Waals surface area contributed by atoms with Crippen LogP contribution in [0.25, 0.3) is 0 Å². The minimum Gasteiger partial charge on any atom is -0.381 e. The molecule has 112 valence electrons. The first-order chi connectivity index (χ1) is 9.56. The van der Waals surface area contributed by atoms with Gasteiger partial charge in [-0.1, -0.05) is 0 Å². The van der Waals surface area contributed by atoms with Crippen LogP contribution in [0.4, 0.5) is 0 Å². The van der Waals surface area contributed by atoms with Crippen molar-refractivity contribution < 1.29 is 9.53 Å². The number of carbonyl (C=O) groups excluding carboxylic acids is 1. The Labute approximate surface area is 124 Å². The first-order valence-electron chi connectivity index (χ1n) is 7.25. The van der Waals surface area contributed by atoms with Crippen LogP contribution in [0.5, 0.6) is 0 Å². The summed E-state index contributed by atoms with van der Waals surface area (Å²) in [5, 5.41) is 3.04. The monoisotopic (exact) mass is 296 g/mol. The molecule has 0 bridgehead atoms. The smallest absolute Gasteiger partial charge is 0.237 e. The van der Waals surface area contributed by atoms with Crippen molar-refractivity contribution in [1.29, 1.82) is 0 Å². The largest absolute Gasteiger partial charge is 0.381 e. The highest BCUT2D eigenvalue weighted by Crippen LogP contribution is 2.19. The summed E-state index contributed by atoms with van der Waals surface area (Å²) < 4.78 is 5.31. The molecule has 5 heteroatoms. The number of nitrogens with one attached hydrogen (secondary N) is 1. The van der Waals surface area contributed by atoms with Crippen LogP contribution < -0.4 is 11.1 Å². The van der Waals surface area contributed by atoms with Crippen LogP contribution in [0.2, 0.25) is 0 Å². The maximum absolute atomic E-state index is 12.2. The van der Waals surface area contributed by atoms with E-state index in [0.717, 1.165) is 32.5 Å². The average Bonchev–Trinajstić information content (AvgIpc) is 2.84. The Bertz CT molecular complexity index is 441. The molecular weight excluding hydrogens is 272 g/mol. The van der Waals surface area contributed by atoms with Crippen molar-refractivity contribution in [3.05, 3.63) is 21.9 Å². The Balaban J connectivity index is 1.80. The van der Waals surface area contributed by atoms with Gasteiger partial charge >= 0.3 is 0 Å². The van der Waals surface area contributed by atoms with E-state index in [-0.39, 0.29) is 17.9 Å². The van der Waals surface area contributed by atoms with E-state index >= 15 is 0 Å². The molecule has 2 rings (SSSR count). The molecule has 1 aliphatic rings. The fourth-order valence-corrected chi connectivity index (χ4v) is 3.59. The second-order valence-electron chi connectivity index (χ2n) is 5.60. The van der Waals surface area contributed by atoms with Gasteiger partial charge in [-0.2, -0.15) is 0 Å². The fourth-order valence-electron chi connectivity index (χ4n) is 2.58. The third-order valence-electron chi connectivity index (χ3n) is 3.77. The van der Waals surface area contributed by atoms with Crippen molar-refractivity contribution in [3.8, 4) is 0 Å². The third-order valence-corrected chi connectivity index (χ3v) is 4.79. The molecule has 0 spiro atoms. The van der Waals surface area contributed by atoms with Crippen molar-refractivity contribution in [1.82, 2.24) is 5.32 Å². The molecule has 1 saturated heterocycles. The fraction of sp³-hybridized carbons (Fsp3) is 0.667. The highest BCUT2D eigenvalue weighted by Gasteiger charge is 2.27.